The van der Waals surface area contributed by atoms with Crippen molar-refractivity contribution in [2.45, 2.75) is 26.3 Å². The van der Waals surface area contributed by atoms with Crippen LogP contribution in [0.25, 0.3) is 0 Å². The van der Waals surface area contributed by atoms with E-state index in [-0.39, 0.29) is 0 Å². The summed E-state index contributed by atoms with van der Waals surface area (Å²) in [5.41, 5.74) is 2.33. The number of anilines is 1. The number of benzene rings is 2. The molecule has 2 heteroatoms. The molecular weight excluding hydrogens is 234 g/mol. The summed E-state index contributed by atoms with van der Waals surface area (Å²) in [5, 5.41) is 12.9. The highest BCUT2D eigenvalue weighted by atomic mass is 16.3. The minimum atomic E-state index is 0.297. The normalized spacial score (nSPS) is 12.4. The Balaban J connectivity index is 2.16. The Labute approximate surface area is 115 Å². The third-order valence-corrected chi connectivity index (χ3v) is 3.12. The highest BCUT2D eigenvalue weighted by molar-refractivity contribution is 5.48. The molecule has 0 fully saturated rings. The Bertz CT molecular complexity index is 490. The monoisotopic (exact) mass is 255 g/mol. The van der Waals surface area contributed by atoms with Crippen molar-refractivity contribution in [3.05, 3.63) is 60.2 Å². The molecule has 100 valence electrons. The van der Waals surface area contributed by atoms with Gasteiger partial charge in [-0.2, -0.15) is 0 Å². The van der Waals surface area contributed by atoms with Gasteiger partial charge >= 0.3 is 0 Å². The van der Waals surface area contributed by atoms with Crippen LogP contribution in [-0.4, -0.2) is 5.11 Å². The molecule has 19 heavy (non-hydrogen) atoms. The third-order valence-electron chi connectivity index (χ3n) is 3.12. The zero-order valence-corrected chi connectivity index (χ0v) is 11.5. The first-order valence-electron chi connectivity index (χ1n) is 6.75. The summed E-state index contributed by atoms with van der Waals surface area (Å²) in [7, 11) is 0. The van der Waals surface area contributed by atoms with Crippen LogP contribution in [-0.2, 0) is 0 Å². The summed E-state index contributed by atoms with van der Waals surface area (Å²) < 4.78 is 0. The molecular formula is C17H21NO. The highest BCUT2D eigenvalue weighted by Crippen LogP contribution is 2.26. The van der Waals surface area contributed by atoms with Gasteiger partial charge in [0.05, 0.1) is 6.04 Å². The van der Waals surface area contributed by atoms with Crippen molar-refractivity contribution >= 4 is 5.69 Å². The Morgan fingerprint density at radius 2 is 1.58 bits per heavy atom. The molecule has 1 unspecified atom stereocenters. The predicted octanol–water partition coefficient (Wildman–Crippen LogP) is 4.59. The van der Waals surface area contributed by atoms with Gasteiger partial charge in [-0.3, -0.25) is 0 Å². The minimum Gasteiger partial charge on any atom is -0.508 e. The Morgan fingerprint density at radius 3 is 2.16 bits per heavy atom. The summed E-state index contributed by atoms with van der Waals surface area (Å²) in [6.07, 6.45) is 1.07. The van der Waals surface area contributed by atoms with Gasteiger partial charge in [-0.1, -0.05) is 44.2 Å². The first-order chi connectivity index (χ1) is 9.15. The maximum atomic E-state index is 9.33. The van der Waals surface area contributed by atoms with Crippen molar-refractivity contribution in [3.63, 3.8) is 0 Å². The van der Waals surface area contributed by atoms with Gasteiger partial charge in [0.15, 0.2) is 0 Å². The lowest BCUT2D eigenvalue weighted by Gasteiger charge is -2.22. The molecule has 0 heterocycles. The fourth-order valence-electron chi connectivity index (χ4n) is 2.19. The van der Waals surface area contributed by atoms with Crippen LogP contribution >= 0.6 is 0 Å². The zero-order chi connectivity index (χ0) is 13.7. The van der Waals surface area contributed by atoms with Crippen LogP contribution in [0.15, 0.2) is 54.6 Å². The van der Waals surface area contributed by atoms with Crippen molar-refractivity contribution in [1.29, 1.82) is 0 Å². The Morgan fingerprint density at radius 1 is 0.947 bits per heavy atom. The summed E-state index contributed by atoms with van der Waals surface area (Å²) in [4.78, 5) is 0. The van der Waals surface area contributed by atoms with E-state index >= 15 is 0 Å². The topological polar surface area (TPSA) is 32.3 Å². The van der Waals surface area contributed by atoms with E-state index in [4.69, 9.17) is 0 Å². The van der Waals surface area contributed by atoms with Crippen LogP contribution in [0.2, 0.25) is 0 Å². The van der Waals surface area contributed by atoms with E-state index in [2.05, 4.69) is 43.4 Å². The van der Waals surface area contributed by atoms with E-state index in [1.54, 1.807) is 12.1 Å². The lowest BCUT2D eigenvalue weighted by Crippen LogP contribution is -2.13. The smallest absolute Gasteiger partial charge is 0.115 e. The number of hydrogen-bond acceptors (Lipinski definition) is 2. The van der Waals surface area contributed by atoms with Gasteiger partial charge in [-0.25, -0.2) is 0 Å². The van der Waals surface area contributed by atoms with Crippen LogP contribution < -0.4 is 5.32 Å². The molecule has 2 rings (SSSR count). The lowest BCUT2D eigenvalue weighted by atomic mass is 9.97. The van der Waals surface area contributed by atoms with E-state index in [1.165, 1.54) is 5.56 Å². The number of nitrogens with one attached hydrogen (secondary N) is 1. The number of hydrogen-bond donors (Lipinski definition) is 2. The summed E-state index contributed by atoms with van der Waals surface area (Å²) in [6, 6.07) is 18.0. The Kier molecular flexibility index (Phi) is 4.45. The molecule has 0 aliphatic heterocycles. The van der Waals surface area contributed by atoms with Crippen LogP contribution in [0.5, 0.6) is 5.75 Å². The van der Waals surface area contributed by atoms with E-state index in [0.29, 0.717) is 17.7 Å². The molecule has 0 amide bonds. The summed E-state index contributed by atoms with van der Waals surface area (Å²) in [6.45, 7) is 4.46. The second kappa shape index (κ2) is 6.28. The fraction of sp³-hybridized carbons (Fsp3) is 0.294. The highest BCUT2D eigenvalue weighted by Gasteiger charge is 2.12. The summed E-state index contributed by atoms with van der Waals surface area (Å²) in [5.74, 6) is 0.917. The van der Waals surface area contributed by atoms with Gasteiger partial charge in [0.2, 0.25) is 0 Å². The number of phenols is 1. The largest absolute Gasteiger partial charge is 0.508 e. The quantitative estimate of drug-likeness (QED) is 0.766. The second-order valence-electron chi connectivity index (χ2n) is 5.28. The molecule has 1 atom stereocenters. The first-order valence-corrected chi connectivity index (χ1v) is 6.75. The van der Waals surface area contributed by atoms with Crippen LogP contribution in [0, 0.1) is 5.92 Å². The SMILES string of the molecule is CC(C)CC(Nc1ccc(O)cc1)c1ccccc1. The average Bonchev–Trinajstić information content (AvgIpc) is 2.41. The molecule has 2 aromatic rings. The van der Waals surface area contributed by atoms with Crippen molar-refractivity contribution in [2.24, 2.45) is 5.92 Å². The van der Waals surface area contributed by atoms with Crippen molar-refractivity contribution < 1.29 is 5.11 Å². The van der Waals surface area contributed by atoms with Crippen molar-refractivity contribution in [1.82, 2.24) is 0 Å². The molecule has 2 N–H and O–H groups in total. The number of rotatable bonds is 5. The fourth-order valence-corrected chi connectivity index (χ4v) is 2.19. The minimum absolute atomic E-state index is 0.297. The number of aromatic hydroxyl groups is 1. The maximum Gasteiger partial charge on any atom is 0.115 e. The van der Waals surface area contributed by atoms with Gasteiger partial charge in [-0.15, -0.1) is 0 Å². The lowest BCUT2D eigenvalue weighted by molar-refractivity contribution is 0.475. The van der Waals surface area contributed by atoms with Gasteiger partial charge in [0.25, 0.3) is 0 Å². The van der Waals surface area contributed by atoms with Gasteiger partial charge in [0, 0.05) is 5.69 Å². The van der Waals surface area contributed by atoms with E-state index in [9.17, 15) is 5.11 Å². The molecule has 0 saturated heterocycles. The predicted molar refractivity (Wildman–Crippen MR) is 80.4 cm³/mol. The molecule has 0 aromatic heterocycles. The van der Waals surface area contributed by atoms with Crippen LogP contribution in [0.1, 0.15) is 31.9 Å². The molecule has 0 bridgehead atoms. The molecule has 0 spiro atoms. The summed E-state index contributed by atoms with van der Waals surface area (Å²) >= 11 is 0. The van der Waals surface area contributed by atoms with Crippen LogP contribution in [0.3, 0.4) is 0 Å². The average molecular weight is 255 g/mol. The molecule has 0 aliphatic rings. The Hall–Kier alpha value is -1.96. The molecule has 0 radical (unpaired) electrons. The van der Waals surface area contributed by atoms with Crippen molar-refractivity contribution in [2.75, 3.05) is 5.32 Å². The molecule has 0 aliphatic carbocycles. The van der Waals surface area contributed by atoms with Crippen LogP contribution in [0.4, 0.5) is 5.69 Å². The second-order valence-corrected chi connectivity index (χ2v) is 5.28. The van der Waals surface area contributed by atoms with E-state index in [1.807, 2.05) is 18.2 Å². The van der Waals surface area contributed by atoms with Gasteiger partial charge in [-0.05, 0) is 42.2 Å². The standard InChI is InChI=1S/C17H21NO/c1-13(2)12-17(14-6-4-3-5-7-14)18-15-8-10-16(19)11-9-15/h3-11,13,17-19H,12H2,1-2H3. The molecule has 2 aromatic carbocycles. The first kappa shape index (κ1) is 13.5. The molecule has 0 saturated carbocycles. The maximum absolute atomic E-state index is 9.33. The van der Waals surface area contributed by atoms with Gasteiger partial charge < -0.3 is 10.4 Å². The van der Waals surface area contributed by atoms with E-state index < -0.39 is 0 Å². The number of phenolic OH excluding ortho intramolecular Hbond substituents is 1. The van der Waals surface area contributed by atoms with Crippen molar-refractivity contribution in [3.8, 4) is 5.75 Å². The third kappa shape index (κ3) is 4.02. The molecule has 2 nitrogen and oxygen atoms in total. The zero-order valence-electron chi connectivity index (χ0n) is 11.5. The van der Waals surface area contributed by atoms with E-state index in [0.717, 1.165) is 12.1 Å². The van der Waals surface area contributed by atoms with Gasteiger partial charge in [0.1, 0.15) is 5.75 Å².